The number of rotatable bonds is 3. The first-order valence-electron chi connectivity index (χ1n) is 8.23. The largest absolute Gasteiger partial charge is 0.372 e. The molecule has 0 saturated heterocycles. The van der Waals surface area contributed by atoms with E-state index in [4.69, 9.17) is 0 Å². The van der Waals surface area contributed by atoms with Crippen LogP contribution in [-0.4, -0.2) is 11.6 Å². The molecule has 1 N–H and O–H groups in total. The Kier molecular flexibility index (Phi) is 3.17. The van der Waals surface area contributed by atoms with E-state index in [1.807, 2.05) is 0 Å². The highest BCUT2D eigenvalue weighted by Crippen LogP contribution is 2.45. The summed E-state index contributed by atoms with van der Waals surface area (Å²) < 4.78 is 0. The summed E-state index contributed by atoms with van der Waals surface area (Å²) >= 11 is 0. The van der Waals surface area contributed by atoms with Gasteiger partial charge in [0.25, 0.3) is 0 Å². The molecule has 3 aliphatic rings. The molecule has 1 saturated carbocycles. The number of fused-ring (bicyclic) bond motifs is 3. The molecule has 2 heteroatoms. The fraction of sp³-hybridized carbons (Fsp3) is 0.556. The Hall–Kier alpha value is -1.44. The molecule has 1 aliphatic carbocycles. The molecule has 2 nitrogen and oxygen atoms in total. The van der Waals surface area contributed by atoms with Gasteiger partial charge in [-0.25, -0.2) is 0 Å². The Morgan fingerprint density at radius 1 is 1.05 bits per heavy atom. The maximum absolute atomic E-state index is 3.40. The summed E-state index contributed by atoms with van der Waals surface area (Å²) in [5.41, 5.74) is 4.41. The van der Waals surface area contributed by atoms with Crippen molar-refractivity contribution in [3.8, 4) is 0 Å². The molecule has 2 aliphatic heterocycles. The zero-order valence-electron chi connectivity index (χ0n) is 12.1. The smallest absolute Gasteiger partial charge is 0.0879 e. The van der Waals surface area contributed by atoms with Crippen molar-refractivity contribution in [3.05, 3.63) is 41.6 Å². The molecule has 1 atom stereocenters. The van der Waals surface area contributed by atoms with Gasteiger partial charge in [-0.05, 0) is 24.3 Å². The number of benzene rings is 1. The van der Waals surface area contributed by atoms with Gasteiger partial charge in [0.05, 0.1) is 18.4 Å². The molecule has 1 aromatic carbocycles. The SMILES string of the molecule is C1=C2c3ccccc3[C@H](CCC3CCCCC3)N2CN1. The molecule has 0 aromatic heterocycles. The third kappa shape index (κ3) is 2.02. The van der Waals surface area contributed by atoms with Gasteiger partial charge in [0, 0.05) is 11.8 Å². The van der Waals surface area contributed by atoms with Crippen molar-refractivity contribution >= 4 is 5.70 Å². The van der Waals surface area contributed by atoms with Gasteiger partial charge in [-0.15, -0.1) is 0 Å². The van der Waals surface area contributed by atoms with Crippen LogP contribution in [0.4, 0.5) is 0 Å². The fourth-order valence-corrected chi connectivity index (χ4v) is 4.29. The molecule has 4 rings (SSSR count). The Balaban J connectivity index is 1.51. The minimum Gasteiger partial charge on any atom is -0.372 e. The summed E-state index contributed by atoms with van der Waals surface area (Å²) in [5, 5.41) is 3.40. The Bertz CT molecular complexity index is 514. The maximum Gasteiger partial charge on any atom is 0.0879 e. The number of nitrogens with one attached hydrogen (secondary N) is 1. The summed E-state index contributed by atoms with van der Waals surface area (Å²) in [4.78, 5) is 2.56. The number of nitrogens with zero attached hydrogens (tertiary/aromatic N) is 1. The van der Waals surface area contributed by atoms with E-state index in [1.165, 1.54) is 56.2 Å². The fourth-order valence-electron chi connectivity index (χ4n) is 4.29. The van der Waals surface area contributed by atoms with Gasteiger partial charge in [0.1, 0.15) is 0 Å². The predicted molar refractivity (Wildman–Crippen MR) is 82.8 cm³/mol. The standard InChI is InChI=1S/C18H24N2/c1-2-6-14(7-3-1)10-11-17-15-8-4-5-9-16(15)18-12-19-13-20(17)18/h4-5,8-9,12,14,17,19H,1-3,6-7,10-11,13H2/t17-/m0/s1. The summed E-state index contributed by atoms with van der Waals surface area (Å²) in [5.74, 6) is 0.986. The van der Waals surface area contributed by atoms with Gasteiger partial charge in [-0.1, -0.05) is 56.4 Å². The summed E-state index contributed by atoms with van der Waals surface area (Å²) in [6.07, 6.45) is 12.2. The lowest BCUT2D eigenvalue weighted by Gasteiger charge is -2.27. The second kappa shape index (κ2) is 5.16. The lowest BCUT2D eigenvalue weighted by molar-refractivity contribution is 0.261. The van der Waals surface area contributed by atoms with Crippen LogP contribution in [0.25, 0.3) is 5.70 Å². The van der Waals surface area contributed by atoms with Crippen LogP contribution in [0.1, 0.15) is 62.1 Å². The molecule has 106 valence electrons. The zero-order valence-corrected chi connectivity index (χ0v) is 12.1. The van der Waals surface area contributed by atoms with Gasteiger partial charge in [0.15, 0.2) is 0 Å². The average molecular weight is 268 g/mol. The number of hydrogen-bond acceptors (Lipinski definition) is 2. The average Bonchev–Trinajstić information content (AvgIpc) is 3.07. The van der Waals surface area contributed by atoms with Crippen molar-refractivity contribution in [1.29, 1.82) is 0 Å². The van der Waals surface area contributed by atoms with E-state index in [-0.39, 0.29) is 0 Å². The first-order valence-corrected chi connectivity index (χ1v) is 8.23. The zero-order chi connectivity index (χ0) is 13.4. The Morgan fingerprint density at radius 2 is 1.90 bits per heavy atom. The molecule has 0 spiro atoms. The van der Waals surface area contributed by atoms with E-state index < -0.39 is 0 Å². The first-order chi connectivity index (χ1) is 9.93. The Labute approximate surface area is 121 Å². The van der Waals surface area contributed by atoms with Crippen LogP contribution in [0.3, 0.4) is 0 Å². The maximum atomic E-state index is 3.40. The van der Waals surface area contributed by atoms with Crippen LogP contribution in [0, 0.1) is 5.92 Å². The molecule has 0 radical (unpaired) electrons. The van der Waals surface area contributed by atoms with E-state index in [2.05, 4.69) is 40.7 Å². The van der Waals surface area contributed by atoms with Crippen molar-refractivity contribution in [3.63, 3.8) is 0 Å². The molecule has 0 amide bonds. The summed E-state index contributed by atoms with van der Waals surface area (Å²) in [6.45, 7) is 0.985. The van der Waals surface area contributed by atoms with Gasteiger partial charge in [-0.3, -0.25) is 0 Å². The lowest BCUT2D eigenvalue weighted by Crippen LogP contribution is -2.24. The first kappa shape index (κ1) is 12.3. The topological polar surface area (TPSA) is 15.3 Å². The predicted octanol–water partition coefficient (Wildman–Crippen LogP) is 4.26. The normalized spacial score (nSPS) is 25.1. The molecular formula is C18H24N2. The van der Waals surface area contributed by atoms with E-state index in [1.54, 1.807) is 5.56 Å². The van der Waals surface area contributed by atoms with Crippen molar-refractivity contribution in [2.45, 2.75) is 51.0 Å². The molecule has 1 fully saturated rings. The van der Waals surface area contributed by atoms with Crippen LogP contribution >= 0.6 is 0 Å². The van der Waals surface area contributed by atoms with Crippen molar-refractivity contribution in [2.24, 2.45) is 5.92 Å². The Morgan fingerprint density at radius 3 is 2.80 bits per heavy atom. The van der Waals surface area contributed by atoms with E-state index in [0.29, 0.717) is 6.04 Å². The minimum atomic E-state index is 0.606. The van der Waals surface area contributed by atoms with Crippen molar-refractivity contribution in [2.75, 3.05) is 6.67 Å². The lowest BCUT2D eigenvalue weighted by atomic mass is 9.84. The van der Waals surface area contributed by atoms with E-state index in [9.17, 15) is 0 Å². The monoisotopic (exact) mass is 268 g/mol. The second-order valence-corrected chi connectivity index (χ2v) is 6.55. The van der Waals surface area contributed by atoms with Gasteiger partial charge >= 0.3 is 0 Å². The van der Waals surface area contributed by atoms with Gasteiger partial charge < -0.3 is 10.2 Å². The van der Waals surface area contributed by atoms with Crippen LogP contribution in [0.5, 0.6) is 0 Å². The molecule has 1 aromatic rings. The van der Waals surface area contributed by atoms with Crippen molar-refractivity contribution in [1.82, 2.24) is 10.2 Å². The highest BCUT2D eigenvalue weighted by atomic mass is 15.3. The molecule has 2 heterocycles. The van der Waals surface area contributed by atoms with Crippen molar-refractivity contribution < 1.29 is 0 Å². The highest BCUT2D eigenvalue weighted by Gasteiger charge is 2.35. The molecule has 0 bridgehead atoms. The second-order valence-electron chi connectivity index (χ2n) is 6.55. The van der Waals surface area contributed by atoms with Crippen LogP contribution in [0.2, 0.25) is 0 Å². The van der Waals surface area contributed by atoms with Crippen LogP contribution < -0.4 is 5.32 Å². The molecule has 0 unspecified atom stereocenters. The minimum absolute atomic E-state index is 0.606. The summed E-state index contributed by atoms with van der Waals surface area (Å²) in [7, 11) is 0. The quantitative estimate of drug-likeness (QED) is 0.881. The van der Waals surface area contributed by atoms with E-state index >= 15 is 0 Å². The van der Waals surface area contributed by atoms with Crippen LogP contribution in [0.15, 0.2) is 30.5 Å². The van der Waals surface area contributed by atoms with Gasteiger partial charge in [-0.2, -0.15) is 0 Å². The van der Waals surface area contributed by atoms with Crippen LogP contribution in [-0.2, 0) is 0 Å². The van der Waals surface area contributed by atoms with E-state index in [0.717, 1.165) is 12.6 Å². The summed E-state index contributed by atoms with van der Waals surface area (Å²) in [6, 6.07) is 9.58. The van der Waals surface area contributed by atoms with Gasteiger partial charge in [0.2, 0.25) is 0 Å². The number of hydrogen-bond donors (Lipinski definition) is 1. The molecule has 20 heavy (non-hydrogen) atoms. The highest BCUT2D eigenvalue weighted by molar-refractivity contribution is 5.73. The third-order valence-electron chi connectivity index (χ3n) is 5.35. The third-order valence-corrected chi connectivity index (χ3v) is 5.35. The molecular weight excluding hydrogens is 244 g/mol.